The first-order chi connectivity index (χ1) is 11.1. The molecule has 1 aromatic heterocycles. The highest BCUT2D eigenvalue weighted by Crippen LogP contribution is 2.36. The number of fused-ring (bicyclic) bond motifs is 1. The van der Waals surface area contributed by atoms with E-state index in [9.17, 15) is 4.79 Å². The minimum Gasteiger partial charge on any atom is -0.493 e. The first-order valence-electron chi connectivity index (χ1n) is 6.70. The van der Waals surface area contributed by atoms with E-state index in [1.165, 1.54) is 11.3 Å². The number of anilines is 1. The van der Waals surface area contributed by atoms with Crippen molar-refractivity contribution in [2.75, 3.05) is 19.5 Å². The minimum absolute atomic E-state index is 0.236. The lowest BCUT2D eigenvalue weighted by Crippen LogP contribution is -2.11. The van der Waals surface area contributed by atoms with Gasteiger partial charge in [0.2, 0.25) is 0 Å². The van der Waals surface area contributed by atoms with Crippen molar-refractivity contribution in [1.29, 1.82) is 0 Å². The van der Waals surface area contributed by atoms with E-state index in [-0.39, 0.29) is 5.91 Å². The molecule has 3 aromatic rings. The van der Waals surface area contributed by atoms with E-state index in [4.69, 9.17) is 21.1 Å². The van der Waals surface area contributed by atoms with E-state index in [1.807, 2.05) is 6.07 Å². The van der Waals surface area contributed by atoms with Gasteiger partial charge in [-0.15, -0.1) is 0 Å². The third-order valence-electron chi connectivity index (χ3n) is 3.22. The number of hydrogen-bond acceptors (Lipinski definition) is 5. The van der Waals surface area contributed by atoms with Crippen LogP contribution in [-0.2, 0) is 0 Å². The molecule has 0 bridgehead atoms. The zero-order valence-electron chi connectivity index (χ0n) is 12.4. The molecule has 0 saturated carbocycles. The van der Waals surface area contributed by atoms with Gasteiger partial charge in [0.15, 0.2) is 16.6 Å². The van der Waals surface area contributed by atoms with Crippen LogP contribution in [0.1, 0.15) is 10.4 Å². The number of halogens is 1. The molecule has 0 saturated heterocycles. The van der Waals surface area contributed by atoms with Gasteiger partial charge in [0.05, 0.1) is 24.4 Å². The van der Waals surface area contributed by atoms with Crippen molar-refractivity contribution in [3.05, 3.63) is 47.0 Å². The van der Waals surface area contributed by atoms with E-state index in [0.29, 0.717) is 27.2 Å². The molecule has 0 aliphatic carbocycles. The van der Waals surface area contributed by atoms with Crippen LogP contribution in [0.5, 0.6) is 11.5 Å². The summed E-state index contributed by atoms with van der Waals surface area (Å²) < 4.78 is 11.4. The van der Waals surface area contributed by atoms with Crippen LogP contribution in [0, 0.1) is 0 Å². The quantitative estimate of drug-likeness (QED) is 0.766. The highest BCUT2D eigenvalue weighted by molar-refractivity contribution is 7.22. The minimum atomic E-state index is -0.236. The van der Waals surface area contributed by atoms with Gasteiger partial charge in [-0.25, -0.2) is 4.98 Å². The predicted octanol–water partition coefficient (Wildman–Crippen LogP) is 4.22. The van der Waals surface area contributed by atoms with Crippen molar-refractivity contribution in [3.8, 4) is 11.5 Å². The average Bonchev–Trinajstić information content (AvgIpc) is 2.94. The Kier molecular flexibility index (Phi) is 4.36. The maximum absolute atomic E-state index is 12.2. The van der Waals surface area contributed by atoms with Gasteiger partial charge in [0.1, 0.15) is 0 Å². The molecule has 0 radical (unpaired) electrons. The molecule has 0 unspecified atom stereocenters. The molecule has 1 N–H and O–H groups in total. The molecule has 5 nitrogen and oxygen atoms in total. The number of hydrogen-bond donors (Lipinski definition) is 1. The lowest BCUT2D eigenvalue weighted by Gasteiger charge is -2.05. The summed E-state index contributed by atoms with van der Waals surface area (Å²) in [6.45, 7) is 0. The van der Waals surface area contributed by atoms with Crippen LogP contribution in [0.2, 0.25) is 5.02 Å². The van der Waals surface area contributed by atoms with E-state index < -0.39 is 0 Å². The molecule has 118 valence electrons. The smallest absolute Gasteiger partial charge is 0.257 e. The summed E-state index contributed by atoms with van der Waals surface area (Å²) in [5.74, 6) is 0.986. The Labute approximate surface area is 141 Å². The third-order valence-corrected chi connectivity index (χ3v) is 4.41. The monoisotopic (exact) mass is 348 g/mol. The van der Waals surface area contributed by atoms with Crippen molar-refractivity contribution >= 4 is 44.2 Å². The summed E-state index contributed by atoms with van der Waals surface area (Å²) in [6.07, 6.45) is 0. The number of nitrogens with zero attached hydrogens (tertiary/aromatic N) is 1. The van der Waals surface area contributed by atoms with Crippen LogP contribution in [0.15, 0.2) is 36.4 Å². The molecule has 2 aromatic carbocycles. The Bertz CT molecular complexity index is 821. The molecule has 1 amide bonds. The fourth-order valence-electron chi connectivity index (χ4n) is 2.08. The van der Waals surface area contributed by atoms with Crippen LogP contribution in [0.25, 0.3) is 10.2 Å². The first kappa shape index (κ1) is 15.6. The Hall–Kier alpha value is -2.31. The lowest BCUT2D eigenvalue weighted by atomic mass is 10.2. The van der Waals surface area contributed by atoms with Gasteiger partial charge < -0.3 is 9.47 Å². The van der Waals surface area contributed by atoms with Crippen molar-refractivity contribution in [1.82, 2.24) is 4.98 Å². The van der Waals surface area contributed by atoms with Crippen molar-refractivity contribution in [2.45, 2.75) is 0 Å². The molecular weight excluding hydrogens is 336 g/mol. The maximum Gasteiger partial charge on any atom is 0.257 e. The van der Waals surface area contributed by atoms with Gasteiger partial charge in [-0.1, -0.05) is 22.9 Å². The molecule has 0 aliphatic heterocycles. The van der Waals surface area contributed by atoms with Gasteiger partial charge >= 0.3 is 0 Å². The number of carbonyl (C=O) groups is 1. The number of methoxy groups -OCH3 is 2. The summed E-state index contributed by atoms with van der Waals surface area (Å²) in [5.41, 5.74) is 1.25. The fraction of sp³-hybridized carbons (Fsp3) is 0.125. The third kappa shape index (κ3) is 3.23. The highest BCUT2D eigenvalue weighted by Gasteiger charge is 2.13. The van der Waals surface area contributed by atoms with Gasteiger partial charge in [-0.3, -0.25) is 10.1 Å². The van der Waals surface area contributed by atoms with Gasteiger partial charge in [0, 0.05) is 22.7 Å². The number of amides is 1. The Balaban J connectivity index is 1.88. The topological polar surface area (TPSA) is 60.5 Å². The number of nitrogens with one attached hydrogen (secondary N) is 1. The van der Waals surface area contributed by atoms with Gasteiger partial charge in [-0.2, -0.15) is 0 Å². The molecule has 23 heavy (non-hydrogen) atoms. The second-order valence-electron chi connectivity index (χ2n) is 4.65. The molecule has 0 fully saturated rings. The molecule has 0 spiro atoms. The van der Waals surface area contributed by atoms with Crippen molar-refractivity contribution < 1.29 is 14.3 Å². The summed E-state index contributed by atoms with van der Waals surface area (Å²) in [5, 5.41) is 3.88. The number of rotatable bonds is 4. The molecular formula is C16H13ClN2O3S. The number of aromatic nitrogens is 1. The summed E-state index contributed by atoms with van der Waals surface area (Å²) in [4.78, 5) is 16.6. The molecule has 7 heteroatoms. The summed E-state index contributed by atoms with van der Waals surface area (Å²) in [7, 11) is 3.15. The number of ether oxygens (including phenoxy) is 2. The fourth-order valence-corrected chi connectivity index (χ4v) is 3.08. The average molecular weight is 349 g/mol. The van der Waals surface area contributed by atoms with Crippen molar-refractivity contribution in [2.24, 2.45) is 0 Å². The van der Waals surface area contributed by atoms with Crippen LogP contribution < -0.4 is 14.8 Å². The van der Waals surface area contributed by atoms with Crippen LogP contribution in [0.3, 0.4) is 0 Å². The highest BCUT2D eigenvalue weighted by atomic mass is 35.5. The molecule has 3 rings (SSSR count). The van der Waals surface area contributed by atoms with E-state index >= 15 is 0 Å². The summed E-state index contributed by atoms with van der Waals surface area (Å²) in [6, 6.07) is 10.3. The SMILES string of the molecule is COc1cc2nc(NC(=O)c3ccc(Cl)cc3)sc2cc1OC. The second-order valence-corrected chi connectivity index (χ2v) is 6.12. The first-order valence-corrected chi connectivity index (χ1v) is 7.89. The Morgan fingerprint density at radius 1 is 1.13 bits per heavy atom. The van der Waals surface area contributed by atoms with Crippen LogP contribution in [-0.4, -0.2) is 25.1 Å². The predicted molar refractivity (Wildman–Crippen MR) is 92.1 cm³/mol. The zero-order chi connectivity index (χ0) is 16.4. The molecule has 1 heterocycles. The number of benzene rings is 2. The standard InChI is InChI=1S/C16H13ClN2O3S/c1-21-12-7-11-14(8-13(12)22-2)23-16(18-11)19-15(20)9-3-5-10(17)6-4-9/h3-8H,1-2H3,(H,18,19,20). The number of thiazole rings is 1. The number of carbonyl (C=O) groups excluding carboxylic acids is 1. The molecule has 0 aliphatic rings. The van der Waals surface area contributed by atoms with Crippen LogP contribution in [0.4, 0.5) is 5.13 Å². The largest absolute Gasteiger partial charge is 0.493 e. The normalized spacial score (nSPS) is 10.6. The Morgan fingerprint density at radius 3 is 2.43 bits per heavy atom. The Morgan fingerprint density at radius 2 is 1.78 bits per heavy atom. The maximum atomic E-state index is 12.2. The van der Waals surface area contributed by atoms with Gasteiger partial charge in [0.25, 0.3) is 5.91 Å². The van der Waals surface area contributed by atoms with Crippen molar-refractivity contribution in [3.63, 3.8) is 0 Å². The van der Waals surface area contributed by atoms with Crippen LogP contribution >= 0.6 is 22.9 Å². The van der Waals surface area contributed by atoms with Gasteiger partial charge in [-0.05, 0) is 24.3 Å². The van der Waals surface area contributed by atoms with E-state index in [0.717, 1.165) is 10.2 Å². The molecule has 0 atom stereocenters. The second kappa shape index (κ2) is 6.44. The zero-order valence-corrected chi connectivity index (χ0v) is 14.0. The van der Waals surface area contributed by atoms with E-state index in [2.05, 4.69) is 10.3 Å². The summed E-state index contributed by atoms with van der Waals surface area (Å²) >= 11 is 7.19. The van der Waals surface area contributed by atoms with E-state index in [1.54, 1.807) is 44.6 Å². The lowest BCUT2D eigenvalue weighted by molar-refractivity contribution is 0.102.